The number of rotatable bonds is 7. The second kappa shape index (κ2) is 14.0. The molecule has 0 saturated heterocycles. The van der Waals surface area contributed by atoms with Crippen LogP contribution in [0.4, 0.5) is 15.3 Å². The van der Waals surface area contributed by atoms with Crippen LogP contribution >= 0.6 is 0 Å². The minimum atomic E-state index is -1.47. The Kier molecular flexibility index (Phi) is 10.8. The standard InChI is InChI=1S/C26H29N5O8/c1-26(2,3)39-24(35)27-16-22(33)28-20-12-8-18(9-13-20)5-4-17-6-10-19(11-7-17)23(34)29-31(25(36)37)15-14-21(32)30-38/h6-13,38H,14-16H2,1-3H3,(H,27,35)(H,28,33)(H,29,34)(H,30,32)(H,36,37). The highest BCUT2D eigenvalue weighted by molar-refractivity contribution is 5.95. The molecule has 0 unspecified atom stereocenters. The lowest BCUT2D eigenvalue weighted by atomic mass is 10.1. The summed E-state index contributed by atoms with van der Waals surface area (Å²) in [5.41, 5.74) is 4.81. The van der Waals surface area contributed by atoms with Crippen molar-refractivity contribution in [2.75, 3.05) is 18.4 Å². The maximum absolute atomic E-state index is 12.3. The zero-order valence-electron chi connectivity index (χ0n) is 21.5. The molecule has 6 N–H and O–H groups in total. The van der Waals surface area contributed by atoms with E-state index in [0.717, 1.165) is 0 Å². The van der Waals surface area contributed by atoms with Crippen molar-refractivity contribution in [3.05, 3.63) is 65.2 Å². The van der Waals surface area contributed by atoms with Crippen LogP contribution < -0.4 is 21.5 Å². The summed E-state index contributed by atoms with van der Waals surface area (Å²) in [5, 5.41) is 23.2. The smallest absolute Gasteiger partial charge is 0.426 e. The molecule has 39 heavy (non-hydrogen) atoms. The van der Waals surface area contributed by atoms with Gasteiger partial charge in [0.1, 0.15) is 12.1 Å². The van der Waals surface area contributed by atoms with Gasteiger partial charge in [-0.1, -0.05) is 11.8 Å². The molecule has 206 valence electrons. The maximum atomic E-state index is 12.3. The van der Waals surface area contributed by atoms with Crippen LogP contribution in [-0.2, 0) is 14.3 Å². The quantitative estimate of drug-likeness (QED) is 0.175. The van der Waals surface area contributed by atoms with Gasteiger partial charge in [0.05, 0.1) is 6.54 Å². The molecule has 0 atom stereocenters. The molecular weight excluding hydrogens is 510 g/mol. The Morgan fingerprint density at radius 1 is 0.897 bits per heavy atom. The lowest BCUT2D eigenvalue weighted by molar-refractivity contribution is -0.129. The second-order valence-corrected chi connectivity index (χ2v) is 8.97. The fourth-order valence-electron chi connectivity index (χ4n) is 2.81. The van der Waals surface area contributed by atoms with Crippen LogP contribution in [0, 0.1) is 11.8 Å². The Balaban J connectivity index is 1.90. The highest BCUT2D eigenvalue weighted by atomic mass is 16.6. The van der Waals surface area contributed by atoms with E-state index < -0.39 is 35.5 Å². The third-order valence-corrected chi connectivity index (χ3v) is 4.61. The number of hydroxylamine groups is 1. The Labute approximate surface area is 224 Å². The number of hydrogen-bond acceptors (Lipinski definition) is 7. The van der Waals surface area contributed by atoms with Crippen molar-refractivity contribution < 1.29 is 39.0 Å². The van der Waals surface area contributed by atoms with E-state index in [2.05, 4.69) is 27.9 Å². The van der Waals surface area contributed by atoms with Crippen molar-refractivity contribution in [3.8, 4) is 11.8 Å². The number of amides is 5. The largest absolute Gasteiger partial charge is 0.464 e. The molecule has 0 aliphatic carbocycles. The molecule has 13 heteroatoms. The van der Waals surface area contributed by atoms with E-state index in [1.165, 1.54) is 17.6 Å². The predicted molar refractivity (Wildman–Crippen MR) is 138 cm³/mol. The lowest BCUT2D eigenvalue weighted by Gasteiger charge is -2.19. The minimum absolute atomic E-state index is 0.166. The molecule has 2 rings (SSSR count). The summed E-state index contributed by atoms with van der Waals surface area (Å²) in [6.45, 7) is 4.55. The number of carbonyl (C=O) groups excluding carboxylic acids is 4. The molecule has 2 aromatic carbocycles. The van der Waals surface area contributed by atoms with E-state index >= 15 is 0 Å². The van der Waals surface area contributed by atoms with E-state index in [1.807, 2.05) is 0 Å². The third-order valence-electron chi connectivity index (χ3n) is 4.61. The summed E-state index contributed by atoms with van der Waals surface area (Å²) >= 11 is 0. The van der Waals surface area contributed by atoms with Crippen molar-refractivity contribution in [3.63, 3.8) is 0 Å². The van der Waals surface area contributed by atoms with Crippen LogP contribution in [0.5, 0.6) is 0 Å². The Hall–Kier alpha value is -5.09. The van der Waals surface area contributed by atoms with Crippen LogP contribution in [0.15, 0.2) is 48.5 Å². The molecule has 13 nitrogen and oxygen atoms in total. The molecule has 0 fully saturated rings. The zero-order valence-corrected chi connectivity index (χ0v) is 21.5. The summed E-state index contributed by atoms with van der Waals surface area (Å²) in [6.07, 6.45) is -2.51. The number of nitrogens with one attached hydrogen (secondary N) is 4. The number of hydrogen-bond donors (Lipinski definition) is 6. The first-order valence-corrected chi connectivity index (χ1v) is 11.6. The number of nitrogens with zero attached hydrogens (tertiary/aromatic N) is 1. The molecule has 0 bridgehead atoms. The van der Waals surface area contributed by atoms with Crippen molar-refractivity contribution in [1.29, 1.82) is 0 Å². The first-order chi connectivity index (χ1) is 18.4. The predicted octanol–water partition coefficient (Wildman–Crippen LogP) is 2.07. The highest BCUT2D eigenvalue weighted by Crippen LogP contribution is 2.10. The van der Waals surface area contributed by atoms with Crippen molar-refractivity contribution in [2.24, 2.45) is 0 Å². The van der Waals surface area contributed by atoms with Gasteiger partial charge in [0, 0.05) is 28.8 Å². The second-order valence-electron chi connectivity index (χ2n) is 8.97. The zero-order chi connectivity index (χ0) is 29.0. The normalized spacial score (nSPS) is 10.3. The van der Waals surface area contributed by atoms with Gasteiger partial charge in [0.25, 0.3) is 5.91 Å². The molecule has 0 heterocycles. The summed E-state index contributed by atoms with van der Waals surface area (Å²) in [4.78, 5) is 58.4. The molecule has 0 saturated carbocycles. The topological polar surface area (TPSA) is 186 Å². The van der Waals surface area contributed by atoms with E-state index in [9.17, 15) is 29.1 Å². The molecule has 5 amide bonds. The van der Waals surface area contributed by atoms with Crippen molar-refractivity contribution >= 4 is 35.6 Å². The molecule has 0 spiro atoms. The first kappa shape index (κ1) is 30.1. The number of carbonyl (C=O) groups is 5. The van der Waals surface area contributed by atoms with Gasteiger partial charge >= 0.3 is 12.2 Å². The molecule has 2 aromatic rings. The number of carboxylic acid groups (broad SMARTS) is 1. The van der Waals surface area contributed by atoms with Crippen LogP contribution in [0.1, 0.15) is 48.7 Å². The number of ether oxygens (including phenoxy) is 1. The molecular formula is C26H29N5O8. The Bertz CT molecular complexity index is 1260. The molecule has 0 radical (unpaired) electrons. The number of anilines is 1. The minimum Gasteiger partial charge on any atom is -0.464 e. The van der Waals surface area contributed by atoms with Gasteiger partial charge in [-0.15, -0.1) is 0 Å². The van der Waals surface area contributed by atoms with E-state index in [-0.39, 0.29) is 25.1 Å². The van der Waals surface area contributed by atoms with Crippen LogP contribution in [-0.4, -0.2) is 63.9 Å². The SMILES string of the molecule is CC(C)(C)OC(=O)NCC(=O)Nc1ccc(C#Cc2ccc(C(=O)NN(CCC(=O)NO)C(=O)O)cc2)cc1. The molecule has 0 aliphatic rings. The monoisotopic (exact) mass is 539 g/mol. The van der Waals surface area contributed by atoms with Crippen LogP contribution in [0.3, 0.4) is 0 Å². The van der Waals surface area contributed by atoms with Gasteiger partial charge in [-0.3, -0.25) is 25.0 Å². The average molecular weight is 540 g/mol. The van der Waals surface area contributed by atoms with E-state index in [1.54, 1.807) is 57.2 Å². The van der Waals surface area contributed by atoms with Gasteiger partial charge in [-0.2, -0.15) is 0 Å². The molecule has 0 aliphatic heterocycles. The van der Waals surface area contributed by atoms with Gasteiger partial charge in [0.2, 0.25) is 11.8 Å². The van der Waals surface area contributed by atoms with Gasteiger partial charge < -0.3 is 20.5 Å². The fourth-order valence-corrected chi connectivity index (χ4v) is 2.81. The molecule has 0 aromatic heterocycles. The average Bonchev–Trinajstić information content (AvgIpc) is 2.88. The number of benzene rings is 2. The fraction of sp³-hybridized carbons (Fsp3) is 0.269. The van der Waals surface area contributed by atoms with Gasteiger partial charge in [-0.05, 0) is 69.3 Å². The highest BCUT2D eigenvalue weighted by Gasteiger charge is 2.18. The Morgan fingerprint density at radius 2 is 1.46 bits per heavy atom. The third kappa shape index (κ3) is 11.2. The van der Waals surface area contributed by atoms with E-state index in [0.29, 0.717) is 21.8 Å². The van der Waals surface area contributed by atoms with E-state index in [4.69, 9.17) is 9.94 Å². The lowest BCUT2D eigenvalue weighted by Crippen LogP contribution is -2.47. The summed E-state index contributed by atoms with van der Waals surface area (Å²) in [6, 6.07) is 12.8. The van der Waals surface area contributed by atoms with Crippen LogP contribution in [0.25, 0.3) is 0 Å². The number of hydrazine groups is 1. The number of alkyl carbamates (subject to hydrolysis) is 1. The van der Waals surface area contributed by atoms with Gasteiger partial charge in [-0.25, -0.2) is 20.1 Å². The summed E-state index contributed by atoms with van der Waals surface area (Å²) in [7, 11) is 0. The summed E-state index contributed by atoms with van der Waals surface area (Å²) < 4.78 is 5.07. The van der Waals surface area contributed by atoms with Crippen LogP contribution in [0.2, 0.25) is 0 Å². The van der Waals surface area contributed by atoms with Crippen molar-refractivity contribution in [2.45, 2.75) is 32.8 Å². The first-order valence-electron chi connectivity index (χ1n) is 11.6. The Morgan fingerprint density at radius 3 is 1.97 bits per heavy atom. The maximum Gasteiger partial charge on any atom is 0.426 e. The van der Waals surface area contributed by atoms with Crippen molar-refractivity contribution in [1.82, 2.24) is 21.2 Å². The van der Waals surface area contributed by atoms with Gasteiger partial charge in [0.15, 0.2) is 0 Å². The summed E-state index contributed by atoms with van der Waals surface area (Å²) in [5.74, 6) is 3.95.